The van der Waals surface area contributed by atoms with Crippen LogP contribution >= 0.6 is 24.0 Å². The number of rotatable bonds is 6. The van der Waals surface area contributed by atoms with Crippen LogP contribution in [0.15, 0.2) is 29.3 Å². The van der Waals surface area contributed by atoms with Gasteiger partial charge in [0.05, 0.1) is 11.2 Å². The van der Waals surface area contributed by atoms with E-state index in [0.717, 1.165) is 24.9 Å². The molecule has 1 aromatic carbocycles. The lowest BCUT2D eigenvalue weighted by Gasteiger charge is -2.40. The predicted molar refractivity (Wildman–Crippen MR) is 125 cm³/mol. The molecule has 1 heterocycles. The molecule has 2 N–H and O–H groups in total. The average molecular weight is 542 g/mol. The highest BCUT2D eigenvalue weighted by Gasteiger charge is 2.33. The second-order valence-electron chi connectivity index (χ2n) is 8.22. The van der Waals surface area contributed by atoms with E-state index in [-0.39, 0.29) is 41.5 Å². The Kier molecular flexibility index (Phi) is 10.4. The summed E-state index contributed by atoms with van der Waals surface area (Å²) in [4.78, 5) is 6.49. The van der Waals surface area contributed by atoms with E-state index in [1.165, 1.54) is 12.1 Å². The minimum Gasteiger partial charge on any atom is -0.377 e. The number of nitrogens with one attached hydrogen (secondary N) is 2. The van der Waals surface area contributed by atoms with E-state index >= 15 is 0 Å². The number of guanidine groups is 1. The van der Waals surface area contributed by atoms with Crippen LogP contribution in [0.1, 0.15) is 43.9 Å². The van der Waals surface area contributed by atoms with Gasteiger partial charge < -0.3 is 15.4 Å². The highest BCUT2D eigenvalue weighted by Crippen LogP contribution is 2.36. The number of hydrogen-bond acceptors (Lipinski definition) is 3. The molecule has 30 heavy (non-hydrogen) atoms. The summed E-state index contributed by atoms with van der Waals surface area (Å²) >= 11 is 0. The lowest BCUT2D eigenvalue weighted by molar-refractivity contribution is -0.137. The molecule has 0 spiro atoms. The molecule has 0 aliphatic carbocycles. The van der Waals surface area contributed by atoms with Crippen molar-refractivity contribution in [3.63, 3.8) is 0 Å². The zero-order valence-corrected chi connectivity index (χ0v) is 20.7. The van der Waals surface area contributed by atoms with Crippen molar-refractivity contribution in [2.75, 3.05) is 40.8 Å². The van der Waals surface area contributed by atoms with E-state index in [4.69, 9.17) is 4.74 Å². The maximum Gasteiger partial charge on any atom is 0.416 e. The maximum atomic E-state index is 12.9. The third-order valence-corrected chi connectivity index (χ3v) is 5.58. The number of nitrogens with zero attached hydrogens (tertiary/aromatic N) is 2. The standard InChI is InChI=1S/C21H33F3N4O.HI/c1-20(2,29-5)14-27-19(25-3)26-13-16-7-6-12-28(4)18(16)15-8-10-17(11-9-15)21(22,23)24;/h8-11,16,18H,6-7,12-14H2,1-5H3,(H2,25,26,27);1H. The highest BCUT2D eigenvalue weighted by molar-refractivity contribution is 14.0. The zero-order chi connectivity index (χ0) is 21.7. The summed E-state index contributed by atoms with van der Waals surface area (Å²) in [7, 11) is 5.42. The Morgan fingerprint density at radius 3 is 2.37 bits per heavy atom. The number of hydrogen-bond donors (Lipinski definition) is 2. The van der Waals surface area contributed by atoms with Crippen molar-refractivity contribution in [3.05, 3.63) is 35.4 Å². The molecule has 2 atom stereocenters. The molecule has 5 nitrogen and oxygen atoms in total. The Morgan fingerprint density at radius 2 is 1.83 bits per heavy atom. The normalized spacial score (nSPS) is 21.1. The molecular weight excluding hydrogens is 508 g/mol. The van der Waals surface area contributed by atoms with Crippen molar-refractivity contribution in [1.29, 1.82) is 0 Å². The molecule has 0 saturated carbocycles. The van der Waals surface area contributed by atoms with Gasteiger partial charge in [0, 0.05) is 33.3 Å². The minimum atomic E-state index is -4.31. The summed E-state index contributed by atoms with van der Waals surface area (Å²) in [5, 5.41) is 6.63. The fourth-order valence-corrected chi connectivity index (χ4v) is 3.69. The molecule has 1 aliphatic heterocycles. The van der Waals surface area contributed by atoms with E-state index in [1.54, 1.807) is 26.3 Å². The molecule has 9 heteroatoms. The van der Waals surface area contributed by atoms with Crippen molar-refractivity contribution in [2.24, 2.45) is 10.9 Å². The Labute approximate surface area is 194 Å². The summed E-state index contributed by atoms with van der Waals surface area (Å²) in [5.41, 5.74) is -0.0129. The first-order valence-electron chi connectivity index (χ1n) is 9.94. The van der Waals surface area contributed by atoms with Crippen LogP contribution in [0, 0.1) is 5.92 Å². The van der Waals surface area contributed by atoms with Gasteiger partial charge in [0.2, 0.25) is 0 Å². The van der Waals surface area contributed by atoms with Crippen LogP contribution in [0.25, 0.3) is 0 Å². The van der Waals surface area contributed by atoms with Gasteiger partial charge in [-0.25, -0.2) is 0 Å². The first-order valence-corrected chi connectivity index (χ1v) is 9.94. The molecule has 1 aromatic rings. The molecule has 1 fully saturated rings. The number of methoxy groups -OCH3 is 1. The fourth-order valence-electron chi connectivity index (χ4n) is 3.69. The van der Waals surface area contributed by atoms with Gasteiger partial charge in [-0.2, -0.15) is 13.2 Å². The van der Waals surface area contributed by atoms with E-state index < -0.39 is 11.7 Å². The second kappa shape index (κ2) is 11.5. The highest BCUT2D eigenvalue weighted by atomic mass is 127. The molecular formula is C21H34F3IN4O. The summed E-state index contributed by atoms with van der Waals surface area (Å²) in [6.45, 7) is 6.20. The van der Waals surface area contributed by atoms with Crippen LogP contribution in [0.2, 0.25) is 0 Å². The summed E-state index contributed by atoms with van der Waals surface area (Å²) in [6, 6.07) is 5.63. The lowest BCUT2D eigenvalue weighted by Crippen LogP contribution is -2.48. The lowest BCUT2D eigenvalue weighted by atomic mass is 9.84. The number of ether oxygens (including phenoxy) is 1. The van der Waals surface area contributed by atoms with E-state index in [2.05, 4.69) is 20.5 Å². The first kappa shape index (κ1) is 27.0. The third kappa shape index (κ3) is 7.56. The molecule has 1 saturated heterocycles. The SMILES string of the molecule is CN=C(NCC1CCCN(C)C1c1ccc(C(F)(F)F)cc1)NCC(C)(C)OC.I. The average Bonchev–Trinajstić information content (AvgIpc) is 2.67. The zero-order valence-electron chi connectivity index (χ0n) is 18.3. The van der Waals surface area contributed by atoms with Gasteiger partial charge in [0.1, 0.15) is 0 Å². The van der Waals surface area contributed by atoms with Crippen molar-refractivity contribution in [2.45, 2.75) is 44.5 Å². The number of alkyl halides is 3. The maximum absolute atomic E-state index is 12.9. The van der Waals surface area contributed by atoms with Crippen molar-refractivity contribution < 1.29 is 17.9 Å². The smallest absolute Gasteiger partial charge is 0.377 e. The van der Waals surface area contributed by atoms with Gasteiger partial charge in [-0.15, -0.1) is 24.0 Å². The van der Waals surface area contributed by atoms with Gasteiger partial charge in [-0.3, -0.25) is 9.89 Å². The summed E-state index contributed by atoms with van der Waals surface area (Å²) < 4.78 is 44.1. The van der Waals surface area contributed by atoms with Gasteiger partial charge >= 0.3 is 6.18 Å². The monoisotopic (exact) mass is 542 g/mol. The van der Waals surface area contributed by atoms with Crippen molar-refractivity contribution in [1.82, 2.24) is 15.5 Å². The van der Waals surface area contributed by atoms with Gasteiger partial charge in [-0.05, 0) is 63.9 Å². The Bertz CT molecular complexity index is 680. The Hall–Kier alpha value is -1.07. The molecule has 2 unspecified atom stereocenters. The van der Waals surface area contributed by atoms with Crippen molar-refractivity contribution >= 4 is 29.9 Å². The van der Waals surface area contributed by atoms with E-state index in [1.807, 2.05) is 20.9 Å². The largest absolute Gasteiger partial charge is 0.416 e. The van der Waals surface area contributed by atoms with Crippen LogP contribution in [-0.2, 0) is 10.9 Å². The number of piperidine rings is 1. The summed E-state index contributed by atoms with van der Waals surface area (Å²) in [6.07, 6.45) is -2.25. The van der Waals surface area contributed by atoms with E-state index in [9.17, 15) is 13.2 Å². The number of halogens is 4. The van der Waals surface area contributed by atoms with Crippen LogP contribution in [0.3, 0.4) is 0 Å². The van der Waals surface area contributed by atoms with Crippen molar-refractivity contribution in [3.8, 4) is 0 Å². The predicted octanol–water partition coefficient (Wildman–Crippen LogP) is 4.30. The van der Waals surface area contributed by atoms with E-state index in [0.29, 0.717) is 19.0 Å². The molecule has 0 bridgehead atoms. The molecule has 2 rings (SSSR count). The number of likely N-dealkylation sites (tertiary alicyclic amines) is 1. The minimum absolute atomic E-state index is 0. The van der Waals surface area contributed by atoms with Crippen LogP contribution in [0.5, 0.6) is 0 Å². The molecule has 0 amide bonds. The molecule has 0 radical (unpaired) electrons. The Morgan fingerprint density at radius 1 is 1.20 bits per heavy atom. The van der Waals surface area contributed by atoms with Crippen LogP contribution in [0.4, 0.5) is 13.2 Å². The molecule has 172 valence electrons. The van der Waals surface area contributed by atoms with Gasteiger partial charge in [-0.1, -0.05) is 12.1 Å². The van der Waals surface area contributed by atoms with Gasteiger partial charge in [0.25, 0.3) is 0 Å². The first-order chi connectivity index (χ1) is 13.6. The topological polar surface area (TPSA) is 48.9 Å². The molecule has 0 aromatic heterocycles. The molecule has 1 aliphatic rings. The Balaban J connectivity index is 0.00000450. The number of benzene rings is 1. The summed E-state index contributed by atoms with van der Waals surface area (Å²) in [5.74, 6) is 0.953. The number of aliphatic imine (C=N–C) groups is 1. The second-order valence-corrected chi connectivity index (χ2v) is 8.22. The quantitative estimate of drug-likeness (QED) is 0.320. The van der Waals surface area contributed by atoms with Gasteiger partial charge in [0.15, 0.2) is 5.96 Å². The van der Waals surface area contributed by atoms with Crippen LogP contribution < -0.4 is 10.6 Å². The fraction of sp³-hybridized carbons (Fsp3) is 0.667. The third-order valence-electron chi connectivity index (χ3n) is 5.58. The van der Waals surface area contributed by atoms with Crippen LogP contribution in [-0.4, -0.2) is 57.3 Å².